The van der Waals surface area contributed by atoms with Crippen LogP contribution in [-0.4, -0.2) is 4.92 Å². The quantitative estimate of drug-likeness (QED) is 0.411. The fourth-order valence-corrected chi connectivity index (χ4v) is 0.944. The van der Waals surface area contributed by atoms with Gasteiger partial charge in [-0.15, -0.1) is 0 Å². The van der Waals surface area contributed by atoms with Crippen molar-refractivity contribution in [3.8, 4) is 0 Å². The second kappa shape index (κ2) is 3.57. The molecule has 0 bridgehead atoms. The second-order valence-electron chi connectivity index (χ2n) is 2.57. The molecule has 0 unspecified atom stereocenters. The van der Waals surface area contributed by atoms with Gasteiger partial charge in [0.2, 0.25) is 0 Å². The number of rotatable bonds is 1. The van der Waals surface area contributed by atoms with Gasteiger partial charge in [-0.2, -0.15) is 13.2 Å². The molecule has 0 radical (unpaired) electrons. The zero-order valence-electron chi connectivity index (χ0n) is 7.08. The van der Waals surface area contributed by atoms with Crippen molar-refractivity contribution in [1.29, 1.82) is 0 Å². The van der Waals surface area contributed by atoms with Gasteiger partial charge in [-0.05, 0) is 12.1 Å². The molecule has 78 valence electrons. The molecule has 0 N–H and O–H groups in total. The topological polar surface area (TPSA) is 47.5 Å². The van der Waals surface area contributed by atoms with Gasteiger partial charge < -0.3 is 0 Å². The standard InChI is InChI=1S/C8H3F3N2O2/c1-12-6-4-5(8(9,10)11)2-3-7(6)13(14)15/h2-4H. The lowest BCUT2D eigenvalue weighted by Crippen LogP contribution is -2.04. The molecule has 1 aromatic rings. The highest BCUT2D eigenvalue weighted by molar-refractivity contribution is 5.63. The average Bonchev–Trinajstić information content (AvgIpc) is 2.15. The molecule has 0 amide bonds. The first-order chi connectivity index (χ1) is 6.86. The smallest absolute Gasteiger partial charge is 0.260 e. The molecule has 15 heavy (non-hydrogen) atoms. The van der Waals surface area contributed by atoms with Gasteiger partial charge in [-0.3, -0.25) is 10.1 Å². The van der Waals surface area contributed by atoms with Crippen molar-refractivity contribution >= 4 is 11.4 Å². The molecule has 0 aliphatic rings. The first-order valence-corrected chi connectivity index (χ1v) is 3.59. The molecule has 0 saturated carbocycles. The van der Waals surface area contributed by atoms with E-state index in [1.54, 1.807) is 0 Å². The minimum atomic E-state index is -4.60. The Labute approximate surface area is 81.9 Å². The first-order valence-electron chi connectivity index (χ1n) is 3.59. The van der Waals surface area contributed by atoms with Crippen LogP contribution in [0.2, 0.25) is 0 Å². The molecule has 0 aliphatic carbocycles. The number of halogens is 3. The van der Waals surface area contributed by atoms with E-state index >= 15 is 0 Å². The summed E-state index contributed by atoms with van der Waals surface area (Å²) < 4.78 is 36.5. The maximum Gasteiger partial charge on any atom is 0.415 e. The third-order valence-corrected chi connectivity index (χ3v) is 1.62. The number of hydrogen-bond acceptors (Lipinski definition) is 2. The second-order valence-corrected chi connectivity index (χ2v) is 2.57. The number of hydrogen-bond donors (Lipinski definition) is 0. The van der Waals surface area contributed by atoms with E-state index in [2.05, 4.69) is 4.85 Å². The summed E-state index contributed by atoms with van der Waals surface area (Å²) in [7, 11) is 0. The minimum Gasteiger partial charge on any atom is -0.260 e. The van der Waals surface area contributed by atoms with Crippen molar-refractivity contribution < 1.29 is 18.1 Å². The van der Waals surface area contributed by atoms with E-state index < -0.39 is 28.0 Å². The normalized spacial score (nSPS) is 10.8. The molecule has 0 atom stereocenters. The molecule has 0 aromatic heterocycles. The summed E-state index contributed by atoms with van der Waals surface area (Å²) in [5.74, 6) is 0. The van der Waals surface area contributed by atoms with Gasteiger partial charge in [0.25, 0.3) is 11.4 Å². The highest BCUT2D eigenvalue weighted by Gasteiger charge is 2.32. The van der Waals surface area contributed by atoms with Gasteiger partial charge in [0.05, 0.1) is 11.5 Å². The van der Waals surface area contributed by atoms with Crippen LogP contribution < -0.4 is 0 Å². The monoisotopic (exact) mass is 216 g/mol. The van der Waals surface area contributed by atoms with Crippen LogP contribution in [0.3, 0.4) is 0 Å². The van der Waals surface area contributed by atoms with Crippen molar-refractivity contribution in [2.24, 2.45) is 0 Å². The Balaban J connectivity index is 3.34. The van der Waals surface area contributed by atoms with Crippen molar-refractivity contribution in [3.05, 3.63) is 45.3 Å². The van der Waals surface area contributed by atoms with E-state index in [1.807, 2.05) is 0 Å². The molecular weight excluding hydrogens is 213 g/mol. The lowest BCUT2D eigenvalue weighted by molar-refractivity contribution is -0.383. The van der Waals surface area contributed by atoms with Crippen LogP contribution in [0, 0.1) is 16.7 Å². The highest BCUT2D eigenvalue weighted by atomic mass is 19.4. The Morgan fingerprint density at radius 2 is 2.00 bits per heavy atom. The van der Waals surface area contributed by atoms with Gasteiger partial charge in [-0.25, -0.2) is 4.85 Å². The van der Waals surface area contributed by atoms with Gasteiger partial charge in [0.15, 0.2) is 0 Å². The SMILES string of the molecule is [C-]#[N+]c1cc(C(F)(F)F)ccc1[N+](=O)[O-]. The van der Waals surface area contributed by atoms with Crippen LogP contribution in [0.15, 0.2) is 18.2 Å². The lowest BCUT2D eigenvalue weighted by atomic mass is 10.1. The summed E-state index contributed by atoms with van der Waals surface area (Å²) in [6, 6.07) is 1.72. The zero-order valence-corrected chi connectivity index (χ0v) is 7.08. The maximum absolute atomic E-state index is 12.2. The molecule has 0 fully saturated rings. The number of nitrogens with zero attached hydrogens (tertiary/aromatic N) is 2. The Hall–Kier alpha value is -2.10. The molecule has 0 aliphatic heterocycles. The molecule has 4 nitrogen and oxygen atoms in total. The van der Waals surface area contributed by atoms with Crippen LogP contribution in [0.5, 0.6) is 0 Å². The van der Waals surface area contributed by atoms with E-state index in [1.165, 1.54) is 0 Å². The van der Waals surface area contributed by atoms with Crippen LogP contribution in [0.25, 0.3) is 4.85 Å². The number of benzene rings is 1. The molecule has 7 heteroatoms. The van der Waals surface area contributed by atoms with Crippen molar-refractivity contribution in [2.75, 3.05) is 0 Å². The van der Waals surface area contributed by atoms with E-state index in [4.69, 9.17) is 6.57 Å². The Kier molecular flexibility index (Phi) is 2.61. The average molecular weight is 216 g/mol. The van der Waals surface area contributed by atoms with Gasteiger partial charge in [0, 0.05) is 11.6 Å². The molecule has 1 rings (SSSR count). The lowest BCUT2D eigenvalue weighted by Gasteiger charge is -2.06. The first kappa shape index (κ1) is 11.0. The largest absolute Gasteiger partial charge is 0.415 e. The van der Waals surface area contributed by atoms with Crippen LogP contribution >= 0.6 is 0 Å². The maximum atomic E-state index is 12.2. The Bertz CT molecular complexity index is 448. The van der Waals surface area contributed by atoms with E-state index in [0.29, 0.717) is 18.2 Å². The van der Waals surface area contributed by atoms with E-state index in [0.717, 1.165) is 0 Å². The Morgan fingerprint density at radius 3 is 2.40 bits per heavy atom. The fourth-order valence-electron chi connectivity index (χ4n) is 0.944. The van der Waals surface area contributed by atoms with Crippen LogP contribution in [0.4, 0.5) is 24.5 Å². The van der Waals surface area contributed by atoms with Crippen LogP contribution in [0.1, 0.15) is 5.56 Å². The summed E-state index contributed by atoms with van der Waals surface area (Å²) >= 11 is 0. The predicted octanol–water partition coefficient (Wildman–Crippen LogP) is 3.16. The van der Waals surface area contributed by atoms with Gasteiger partial charge >= 0.3 is 6.18 Å². The third-order valence-electron chi connectivity index (χ3n) is 1.62. The molecular formula is C8H3F3N2O2. The summed E-state index contributed by atoms with van der Waals surface area (Å²) in [6.45, 7) is 6.53. The predicted molar refractivity (Wildman–Crippen MR) is 44.4 cm³/mol. The van der Waals surface area contributed by atoms with Gasteiger partial charge in [-0.1, -0.05) is 0 Å². The highest BCUT2D eigenvalue weighted by Crippen LogP contribution is 2.35. The fraction of sp³-hybridized carbons (Fsp3) is 0.125. The zero-order chi connectivity index (χ0) is 11.6. The summed E-state index contributed by atoms with van der Waals surface area (Å²) in [4.78, 5) is 12.1. The summed E-state index contributed by atoms with van der Waals surface area (Å²) in [5.41, 5.74) is -2.31. The minimum absolute atomic E-state index is 0.463. The van der Waals surface area contributed by atoms with E-state index in [-0.39, 0.29) is 0 Å². The van der Waals surface area contributed by atoms with Crippen LogP contribution in [-0.2, 0) is 6.18 Å². The molecule has 0 saturated heterocycles. The third kappa shape index (κ3) is 2.22. The molecule has 1 aromatic carbocycles. The summed E-state index contributed by atoms with van der Waals surface area (Å²) in [6.07, 6.45) is -4.60. The van der Waals surface area contributed by atoms with Crippen molar-refractivity contribution in [1.82, 2.24) is 0 Å². The van der Waals surface area contributed by atoms with E-state index in [9.17, 15) is 23.3 Å². The van der Waals surface area contributed by atoms with Crippen molar-refractivity contribution in [3.63, 3.8) is 0 Å². The summed E-state index contributed by atoms with van der Waals surface area (Å²) in [5, 5.41) is 10.3. The number of nitro groups is 1. The van der Waals surface area contributed by atoms with Crippen molar-refractivity contribution in [2.45, 2.75) is 6.18 Å². The Morgan fingerprint density at radius 1 is 1.40 bits per heavy atom. The van der Waals surface area contributed by atoms with Gasteiger partial charge in [0.1, 0.15) is 0 Å². The molecule has 0 heterocycles. The number of alkyl halides is 3. The number of nitro benzene ring substituents is 1. The molecule has 0 spiro atoms.